The van der Waals surface area contributed by atoms with Gasteiger partial charge in [0.1, 0.15) is 5.82 Å². The standard InChI is InChI=1S/C13H12FNO2S/c1-8(9-4-5-18-7-9)15-10-2-3-12(14)11(6-10)13(16)17/h2-8,15H,1H3,(H,16,17). The van der Waals surface area contributed by atoms with Crippen LogP contribution in [0.1, 0.15) is 28.9 Å². The van der Waals surface area contributed by atoms with Crippen LogP contribution in [0.5, 0.6) is 0 Å². The summed E-state index contributed by atoms with van der Waals surface area (Å²) in [6.45, 7) is 1.96. The van der Waals surface area contributed by atoms with E-state index in [0.717, 1.165) is 11.6 Å². The zero-order chi connectivity index (χ0) is 13.1. The Morgan fingerprint density at radius 3 is 2.83 bits per heavy atom. The van der Waals surface area contributed by atoms with Gasteiger partial charge in [-0.15, -0.1) is 0 Å². The summed E-state index contributed by atoms with van der Waals surface area (Å²) in [7, 11) is 0. The van der Waals surface area contributed by atoms with Crippen LogP contribution in [0.25, 0.3) is 0 Å². The van der Waals surface area contributed by atoms with E-state index in [-0.39, 0.29) is 11.6 Å². The van der Waals surface area contributed by atoms with Crippen molar-refractivity contribution >= 4 is 23.0 Å². The summed E-state index contributed by atoms with van der Waals surface area (Å²) >= 11 is 1.59. The van der Waals surface area contributed by atoms with Gasteiger partial charge >= 0.3 is 5.97 Å². The molecule has 1 aromatic heterocycles. The molecule has 94 valence electrons. The van der Waals surface area contributed by atoms with Gasteiger partial charge in [0.25, 0.3) is 0 Å². The Morgan fingerprint density at radius 1 is 1.44 bits per heavy atom. The van der Waals surface area contributed by atoms with Crippen LogP contribution in [0.2, 0.25) is 0 Å². The third-order valence-corrected chi connectivity index (χ3v) is 3.32. The first-order chi connectivity index (χ1) is 8.58. The average Bonchev–Trinajstić information content (AvgIpc) is 2.85. The summed E-state index contributed by atoms with van der Waals surface area (Å²) in [4.78, 5) is 10.8. The Labute approximate surface area is 108 Å². The van der Waals surface area contributed by atoms with Gasteiger partial charge in [-0.25, -0.2) is 9.18 Å². The van der Waals surface area contributed by atoms with Crippen LogP contribution in [0.4, 0.5) is 10.1 Å². The molecule has 2 rings (SSSR count). The third-order valence-electron chi connectivity index (χ3n) is 2.62. The normalized spacial score (nSPS) is 12.1. The first kappa shape index (κ1) is 12.6. The van der Waals surface area contributed by atoms with Gasteiger partial charge in [0, 0.05) is 11.7 Å². The molecule has 0 spiro atoms. The Kier molecular flexibility index (Phi) is 3.62. The molecule has 0 saturated heterocycles. The highest BCUT2D eigenvalue weighted by Gasteiger charge is 2.12. The van der Waals surface area contributed by atoms with Crippen molar-refractivity contribution in [3.8, 4) is 0 Å². The smallest absolute Gasteiger partial charge is 0.338 e. The fourth-order valence-electron chi connectivity index (χ4n) is 1.63. The number of carbonyl (C=O) groups is 1. The second-order valence-corrected chi connectivity index (χ2v) is 4.70. The van der Waals surface area contributed by atoms with Gasteiger partial charge in [-0.2, -0.15) is 11.3 Å². The molecule has 0 saturated carbocycles. The molecule has 0 aliphatic heterocycles. The number of thiophene rings is 1. The van der Waals surface area contributed by atoms with Crippen molar-refractivity contribution in [2.24, 2.45) is 0 Å². The van der Waals surface area contributed by atoms with Crippen LogP contribution in [0.3, 0.4) is 0 Å². The number of benzene rings is 1. The zero-order valence-corrected chi connectivity index (χ0v) is 10.5. The minimum absolute atomic E-state index is 0.0448. The Bertz CT molecular complexity index is 554. The van der Waals surface area contributed by atoms with E-state index in [0.29, 0.717) is 5.69 Å². The second kappa shape index (κ2) is 5.18. The quantitative estimate of drug-likeness (QED) is 0.885. The van der Waals surface area contributed by atoms with E-state index >= 15 is 0 Å². The number of hydrogen-bond acceptors (Lipinski definition) is 3. The predicted molar refractivity (Wildman–Crippen MR) is 69.7 cm³/mol. The maximum atomic E-state index is 13.2. The van der Waals surface area contributed by atoms with Crippen molar-refractivity contribution in [1.82, 2.24) is 0 Å². The van der Waals surface area contributed by atoms with Crippen molar-refractivity contribution in [2.75, 3.05) is 5.32 Å². The second-order valence-electron chi connectivity index (χ2n) is 3.92. The van der Waals surface area contributed by atoms with Gasteiger partial charge in [-0.05, 0) is 47.5 Å². The molecule has 0 aliphatic rings. The van der Waals surface area contributed by atoms with Gasteiger partial charge in [0.2, 0.25) is 0 Å². The van der Waals surface area contributed by atoms with E-state index in [9.17, 15) is 9.18 Å². The van der Waals surface area contributed by atoms with E-state index in [4.69, 9.17) is 5.11 Å². The van der Waals surface area contributed by atoms with E-state index in [1.54, 1.807) is 11.3 Å². The largest absolute Gasteiger partial charge is 0.478 e. The molecule has 0 aliphatic carbocycles. The molecule has 2 aromatic rings. The molecule has 18 heavy (non-hydrogen) atoms. The number of aromatic carboxylic acids is 1. The van der Waals surface area contributed by atoms with E-state index in [1.165, 1.54) is 12.1 Å². The van der Waals surface area contributed by atoms with Gasteiger partial charge in [-0.3, -0.25) is 0 Å². The zero-order valence-electron chi connectivity index (χ0n) is 9.68. The van der Waals surface area contributed by atoms with Gasteiger partial charge in [0.05, 0.1) is 5.56 Å². The van der Waals surface area contributed by atoms with Gasteiger partial charge in [0.15, 0.2) is 0 Å². The fourth-order valence-corrected chi connectivity index (χ4v) is 2.39. The number of carboxylic acid groups (broad SMARTS) is 1. The molecule has 0 amide bonds. The minimum Gasteiger partial charge on any atom is -0.478 e. The average molecular weight is 265 g/mol. The van der Waals surface area contributed by atoms with Crippen LogP contribution in [-0.2, 0) is 0 Å². The summed E-state index contributed by atoms with van der Waals surface area (Å²) in [6.07, 6.45) is 0. The highest BCUT2D eigenvalue weighted by atomic mass is 32.1. The lowest BCUT2D eigenvalue weighted by Crippen LogP contribution is -2.07. The first-order valence-corrected chi connectivity index (χ1v) is 6.33. The predicted octanol–water partition coefficient (Wildman–Crippen LogP) is 3.76. The fraction of sp³-hybridized carbons (Fsp3) is 0.154. The maximum absolute atomic E-state index is 13.2. The van der Waals surface area contributed by atoms with Crippen molar-refractivity contribution in [3.63, 3.8) is 0 Å². The summed E-state index contributed by atoms with van der Waals surface area (Å²) in [5, 5.41) is 16.0. The molecule has 1 heterocycles. The Morgan fingerprint density at radius 2 is 2.22 bits per heavy atom. The van der Waals surface area contributed by atoms with E-state index in [2.05, 4.69) is 5.32 Å². The van der Waals surface area contributed by atoms with Gasteiger partial charge in [-0.1, -0.05) is 0 Å². The molecule has 2 N–H and O–H groups in total. The maximum Gasteiger partial charge on any atom is 0.338 e. The lowest BCUT2D eigenvalue weighted by Gasteiger charge is -2.14. The van der Waals surface area contributed by atoms with Crippen molar-refractivity contribution in [2.45, 2.75) is 13.0 Å². The third kappa shape index (κ3) is 2.68. The van der Waals surface area contributed by atoms with Crippen LogP contribution in [0.15, 0.2) is 35.0 Å². The number of nitrogens with one attached hydrogen (secondary N) is 1. The molecule has 1 aromatic carbocycles. The number of anilines is 1. The van der Waals surface area contributed by atoms with Crippen LogP contribution in [-0.4, -0.2) is 11.1 Å². The SMILES string of the molecule is CC(Nc1ccc(F)c(C(=O)O)c1)c1ccsc1. The number of rotatable bonds is 4. The topological polar surface area (TPSA) is 49.3 Å². The number of halogens is 1. The molecule has 5 heteroatoms. The number of hydrogen-bond donors (Lipinski definition) is 2. The summed E-state index contributed by atoms with van der Waals surface area (Å²) < 4.78 is 13.2. The van der Waals surface area contributed by atoms with Crippen molar-refractivity contribution in [3.05, 3.63) is 52.0 Å². The summed E-state index contributed by atoms with van der Waals surface area (Å²) in [5.41, 5.74) is 1.38. The van der Waals surface area contributed by atoms with E-state index < -0.39 is 11.8 Å². The molecule has 0 bridgehead atoms. The lowest BCUT2D eigenvalue weighted by atomic mass is 10.1. The van der Waals surface area contributed by atoms with Crippen molar-refractivity contribution < 1.29 is 14.3 Å². The van der Waals surface area contributed by atoms with Crippen molar-refractivity contribution in [1.29, 1.82) is 0 Å². The lowest BCUT2D eigenvalue weighted by molar-refractivity contribution is 0.0692. The van der Waals surface area contributed by atoms with Crippen LogP contribution in [0, 0.1) is 5.82 Å². The molecule has 1 unspecified atom stereocenters. The van der Waals surface area contributed by atoms with Crippen LogP contribution < -0.4 is 5.32 Å². The summed E-state index contributed by atoms with van der Waals surface area (Å²) in [5.74, 6) is -1.99. The molecule has 3 nitrogen and oxygen atoms in total. The van der Waals surface area contributed by atoms with Crippen LogP contribution >= 0.6 is 11.3 Å². The molecular weight excluding hydrogens is 253 g/mol. The summed E-state index contributed by atoms with van der Waals surface area (Å²) in [6, 6.07) is 6.03. The first-order valence-electron chi connectivity index (χ1n) is 5.39. The minimum atomic E-state index is -1.26. The number of carboxylic acids is 1. The monoisotopic (exact) mass is 265 g/mol. The molecular formula is C13H12FNO2S. The Hall–Kier alpha value is -1.88. The molecule has 0 fully saturated rings. The van der Waals surface area contributed by atoms with Gasteiger partial charge < -0.3 is 10.4 Å². The highest BCUT2D eigenvalue weighted by Crippen LogP contribution is 2.22. The highest BCUT2D eigenvalue weighted by molar-refractivity contribution is 7.07. The molecule has 0 radical (unpaired) electrons. The van der Waals surface area contributed by atoms with E-state index in [1.807, 2.05) is 23.8 Å². The Balaban J connectivity index is 2.20. The molecule has 1 atom stereocenters.